The van der Waals surface area contributed by atoms with Crippen LogP contribution in [0.4, 0.5) is 23.7 Å². The maximum absolute atomic E-state index is 12.7. The number of urea groups is 1. The van der Waals surface area contributed by atoms with E-state index in [0.29, 0.717) is 0 Å². The molecule has 6 nitrogen and oxygen atoms in total. The molecule has 9 heteroatoms. The molecule has 4 amide bonds. The van der Waals surface area contributed by atoms with Gasteiger partial charge in [0.2, 0.25) is 5.91 Å². The van der Waals surface area contributed by atoms with Crippen LogP contribution in [0, 0.1) is 0 Å². The van der Waals surface area contributed by atoms with Gasteiger partial charge in [-0.05, 0) is 12.1 Å². The molecule has 0 bridgehead atoms. The Morgan fingerprint density at radius 1 is 1.24 bits per heavy atom. The van der Waals surface area contributed by atoms with Crippen molar-refractivity contribution in [1.82, 2.24) is 10.6 Å². The van der Waals surface area contributed by atoms with E-state index < -0.39 is 47.7 Å². The van der Waals surface area contributed by atoms with Crippen molar-refractivity contribution in [2.24, 2.45) is 0 Å². The Hall–Kier alpha value is -2.58. The number of imide groups is 1. The van der Waals surface area contributed by atoms with Gasteiger partial charge in [-0.1, -0.05) is 12.1 Å². The number of nitrogens with one attached hydrogen (secondary N) is 3. The molecule has 1 aromatic rings. The highest BCUT2D eigenvalue weighted by Crippen LogP contribution is 2.34. The lowest BCUT2D eigenvalue weighted by atomic mass is 10.1. The molecule has 0 radical (unpaired) electrons. The number of carbonyl (C=O) groups excluding carboxylic acids is 3. The average Bonchev–Trinajstić information content (AvgIpc) is 2.67. The first-order valence-electron chi connectivity index (χ1n) is 5.85. The summed E-state index contributed by atoms with van der Waals surface area (Å²) in [7, 11) is 0. The van der Waals surface area contributed by atoms with Crippen molar-refractivity contribution in [3.63, 3.8) is 0 Å². The van der Waals surface area contributed by atoms with Gasteiger partial charge in [-0.2, -0.15) is 13.2 Å². The van der Waals surface area contributed by atoms with Crippen molar-refractivity contribution in [1.29, 1.82) is 0 Å². The Balaban J connectivity index is 2.07. The molecule has 1 atom stereocenters. The minimum Gasteiger partial charge on any atom is -0.325 e. The maximum Gasteiger partial charge on any atom is 0.418 e. The number of hydrogen-bond donors (Lipinski definition) is 3. The summed E-state index contributed by atoms with van der Waals surface area (Å²) in [4.78, 5) is 33.8. The number of benzene rings is 1. The minimum atomic E-state index is -4.61. The normalized spacial score (nSPS) is 18.1. The molecule has 0 aliphatic carbocycles. The molecule has 1 aromatic carbocycles. The number of para-hydroxylation sites is 1. The average molecular weight is 301 g/mol. The van der Waals surface area contributed by atoms with E-state index in [-0.39, 0.29) is 0 Å². The van der Waals surface area contributed by atoms with Crippen molar-refractivity contribution in [3.8, 4) is 0 Å². The zero-order valence-corrected chi connectivity index (χ0v) is 10.5. The standard InChI is InChI=1S/C12H10F3N3O3/c13-12(14,15)6-3-1-2-4-7(6)16-9(19)5-8-10(20)18-11(21)17-8/h1-4,8H,5H2,(H,16,19)(H2,17,18,20,21). The predicted octanol–water partition coefficient (Wildman–Crippen LogP) is 1.24. The molecular formula is C12H10F3N3O3. The van der Waals surface area contributed by atoms with Crippen molar-refractivity contribution >= 4 is 23.5 Å². The summed E-state index contributed by atoms with van der Waals surface area (Å²) in [6, 6.07) is 2.65. The van der Waals surface area contributed by atoms with Gasteiger partial charge in [0.1, 0.15) is 6.04 Å². The third kappa shape index (κ3) is 3.50. The molecule has 1 saturated heterocycles. The fraction of sp³-hybridized carbons (Fsp3) is 0.250. The van der Waals surface area contributed by atoms with E-state index in [2.05, 4.69) is 10.6 Å². The summed E-state index contributed by atoms with van der Waals surface area (Å²) >= 11 is 0. The van der Waals surface area contributed by atoms with Gasteiger partial charge in [-0.25, -0.2) is 4.79 Å². The van der Waals surface area contributed by atoms with Gasteiger partial charge in [0.05, 0.1) is 17.7 Å². The van der Waals surface area contributed by atoms with Crippen LogP contribution in [0.25, 0.3) is 0 Å². The molecule has 1 fully saturated rings. The van der Waals surface area contributed by atoms with Gasteiger partial charge in [0, 0.05) is 0 Å². The van der Waals surface area contributed by atoms with E-state index in [0.717, 1.165) is 12.1 Å². The Labute approximate surface area is 116 Å². The molecule has 1 heterocycles. The molecule has 21 heavy (non-hydrogen) atoms. The Morgan fingerprint density at radius 3 is 2.48 bits per heavy atom. The quantitative estimate of drug-likeness (QED) is 0.734. The first-order chi connectivity index (χ1) is 9.77. The highest BCUT2D eigenvalue weighted by molar-refractivity contribution is 6.06. The molecule has 2 rings (SSSR count). The summed E-state index contributed by atoms with van der Waals surface area (Å²) in [5.74, 6) is -1.51. The van der Waals surface area contributed by atoms with E-state index in [1.807, 2.05) is 5.32 Å². The highest BCUT2D eigenvalue weighted by Gasteiger charge is 2.35. The fourth-order valence-corrected chi connectivity index (χ4v) is 1.83. The Morgan fingerprint density at radius 2 is 1.90 bits per heavy atom. The van der Waals surface area contributed by atoms with Crippen LogP contribution in [-0.4, -0.2) is 23.9 Å². The van der Waals surface area contributed by atoms with Crippen LogP contribution in [0.2, 0.25) is 0 Å². The lowest BCUT2D eigenvalue weighted by Gasteiger charge is -2.14. The van der Waals surface area contributed by atoms with Crippen molar-refractivity contribution in [3.05, 3.63) is 29.8 Å². The zero-order valence-electron chi connectivity index (χ0n) is 10.5. The zero-order chi connectivity index (χ0) is 15.6. The summed E-state index contributed by atoms with van der Waals surface area (Å²) in [5, 5.41) is 6.19. The van der Waals surface area contributed by atoms with E-state index >= 15 is 0 Å². The van der Waals surface area contributed by atoms with Crippen LogP contribution in [0.15, 0.2) is 24.3 Å². The molecule has 112 valence electrons. The summed E-state index contributed by atoms with van der Waals surface area (Å²) in [6.45, 7) is 0. The molecule has 1 aliphatic heterocycles. The lowest BCUT2D eigenvalue weighted by molar-refractivity contribution is -0.137. The maximum atomic E-state index is 12.7. The summed E-state index contributed by atoms with van der Waals surface area (Å²) in [5.41, 5.74) is -1.39. The van der Waals surface area contributed by atoms with Crippen molar-refractivity contribution in [2.45, 2.75) is 18.6 Å². The van der Waals surface area contributed by atoms with Crippen LogP contribution in [0.5, 0.6) is 0 Å². The molecular weight excluding hydrogens is 291 g/mol. The minimum absolute atomic E-state index is 0.403. The van der Waals surface area contributed by atoms with E-state index in [1.165, 1.54) is 12.1 Å². The second kappa shape index (κ2) is 5.43. The molecule has 0 spiro atoms. The largest absolute Gasteiger partial charge is 0.418 e. The van der Waals surface area contributed by atoms with Gasteiger partial charge in [-0.3, -0.25) is 14.9 Å². The molecule has 1 aliphatic rings. The summed E-state index contributed by atoms with van der Waals surface area (Å²) < 4.78 is 38.2. The fourth-order valence-electron chi connectivity index (χ4n) is 1.83. The first kappa shape index (κ1) is 14.8. The van der Waals surface area contributed by atoms with Crippen LogP contribution >= 0.6 is 0 Å². The lowest BCUT2D eigenvalue weighted by Crippen LogP contribution is -2.33. The first-order valence-corrected chi connectivity index (χ1v) is 5.85. The highest BCUT2D eigenvalue weighted by atomic mass is 19.4. The smallest absolute Gasteiger partial charge is 0.325 e. The van der Waals surface area contributed by atoms with Gasteiger partial charge in [0.15, 0.2) is 0 Å². The number of rotatable bonds is 3. The van der Waals surface area contributed by atoms with Crippen LogP contribution in [0.3, 0.4) is 0 Å². The second-order valence-electron chi connectivity index (χ2n) is 4.31. The van der Waals surface area contributed by atoms with Crippen LogP contribution in [-0.2, 0) is 15.8 Å². The SMILES string of the molecule is O=C(CC1NC(=O)NC1=O)Nc1ccccc1C(F)(F)F. The third-order valence-corrected chi connectivity index (χ3v) is 2.75. The molecule has 1 unspecified atom stereocenters. The predicted molar refractivity (Wildman–Crippen MR) is 65.2 cm³/mol. The van der Waals surface area contributed by atoms with E-state index in [4.69, 9.17) is 0 Å². The van der Waals surface area contributed by atoms with Crippen LogP contribution < -0.4 is 16.0 Å². The van der Waals surface area contributed by atoms with Crippen molar-refractivity contribution in [2.75, 3.05) is 5.32 Å². The monoisotopic (exact) mass is 301 g/mol. The Bertz CT molecular complexity index is 601. The van der Waals surface area contributed by atoms with Gasteiger partial charge >= 0.3 is 12.2 Å². The molecule has 3 N–H and O–H groups in total. The van der Waals surface area contributed by atoms with Crippen molar-refractivity contribution < 1.29 is 27.6 Å². The number of halogens is 3. The number of hydrogen-bond acceptors (Lipinski definition) is 3. The third-order valence-electron chi connectivity index (χ3n) is 2.75. The topological polar surface area (TPSA) is 87.3 Å². The van der Waals surface area contributed by atoms with E-state index in [9.17, 15) is 27.6 Å². The summed E-state index contributed by atoms with van der Waals surface area (Å²) in [6.07, 6.45) is -5.06. The van der Waals surface area contributed by atoms with Gasteiger partial charge in [-0.15, -0.1) is 0 Å². The van der Waals surface area contributed by atoms with E-state index in [1.54, 1.807) is 0 Å². The number of anilines is 1. The van der Waals surface area contributed by atoms with Crippen LogP contribution in [0.1, 0.15) is 12.0 Å². The molecule has 0 saturated carbocycles. The number of carbonyl (C=O) groups is 3. The molecule has 0 aromatic heterocycles. The Kier molecular flexibility index (Phi) is 3.83. The number of amides is 4. The number of alkyl halides is 3. The second-order valence-corrected chi connectivity index (χ2v) is 4.31. The van der Waals surface area contributed by atoms with Gasteiger partial charge < -0.3 is 10.6 Å². The van der Waals surface area contributed by atoms with Gasteiger partial charge in [0.25, 0.3) is 5.91 Å².